The molecule has 0 aliphatic carbocycles. The molecule has 1 N–H and O–H groups in total. The molecule has 0 aromatic heterocycles. The lowest BCUT2D eigenvalue weighted by Gasteiger charge is -2.22. The molecular weight excluding hydrogens is 297 g/mol. The molecule has 0 radical (unpaired) electrons. The Morgan fingerprint density at radius 3 is 2.71 bits per heavy atom. The zero-order valence-electron chi connectivity index (χ0n) is 11.5. The summed E-state index contributed by atoms with van der Waals surface area (Å²) in [6.45, 7) is 0.128. The van der Waals surface area contributed by atoms with E-state index in [-0.39, 0.29) is 30.4 Å². The van der Waals surface area contributed by atoms with E-state index in [1.165, 1.54) is 35.9 Å². The van der Waals surface area contributed by atoms with E-state index in [2.05, 4.69) is 4.74 Å². The van der Waals surface area contributed by atoms with Crippen molar-refractivity contribution in [1.82, 2.24) is 4.90 Å². The fourth-order valence-electron chi connectivity index (χ4n) is 2.21. The SMILES string of the molecule is COC(=O)C1CC(O)CN1C(=O)CSc1ccc(F)cc1. The molecule has 0 bridgehead atoms. The van der Waals surface area contributed by atoms with Gasteiger partial charge in [0, 0.05) is 17.9 Å². The number of esters is 1. The van der Waals surface area contributed by atoms with Crippen LogP contribution in [-0.2, 0) is 14.3 Å². The van der Waals surface area contributed by atoms with Crippen LogP contribution in [0.3, 0.4) is 0 Å². The van der Waals surface area contributed by atoms with Crippen LogP contribution in [0.5, 0.6) is 0 Å². The number of ether oxygens (including phenoxy) is 1. The van der Waals surface area contributed by atoms with Crippen molar-refractivity contribution < 1.29 is 23.8 Å². The first-order valence-electron chi connectivity index (χ1n) is 6.45. The normalized spacial score (nSPS) is 21.4. The minimum atomic E-state index is -0.730. The second-order valence-corrected chi connectivity index (χ2v) is 5.77. The molecule has 7 heteroatoms. The maximum Gasteiger partial charge on any atom is 0.328 e. The van der Waals surface area contributed by atoms with E-state index in [1.807, 2.05) is 0 Å². The maximum atomic E-state index is 12.8. The predicted molar refractivity (Wildman–Crippen MR) is 75.3 cm³/mol. The molecule has 1 heterocycles. The second kappa shape index (κ2) is 6.91. The summed E-state index contributed by atoms with van der Waals surface area (Å²) in [4.78, 5) is 25.9. The number of β-amino-alcohol motifs (C(OH)–C–C–N with tert-alkyl or cyclic N) is 1. The lowest BCUT2D eigenvalue weighted by molar-refractivity contribution is -0.150. The molecule has 2 atom stereocenters. The van der Waals surface area contributed by atoms with Gasteiger partial charge in [0.25, 0.3) is 0 Å². The van der Waals surface area contributed by atoms with Crippen molar-refractivity contribution in [3.63, 3.8) is 0 Å². The Morgan fingerprint density at radius 1 is 1.43 bits per heavy atom. The lowest BCUT2D eigenvalue weighted by Crippen LogP contribution is -2.42. The summed E-state index contributed by atoms with van der Waals surface area (Å²) in [5.74, 6) is -0.992. The van der Waals surface area contributed by atoms with Gasteiger partial charge in [-0.25, -0.2) is 9.18 Å². The van der Waals surface area contributed by atoms with Gasteiger partial charge in [0.1, 0.15) is 11.9 Å². The topological polar surface area (TPSA) is 66.8 Å². The number of likely N-dealkylation sites (tertiary alicyclic amines) is 1. The minimum Gasteiger partial charge on any atom is -0.467 e. The highest BCUT2D eigenvalue weighted by Crippen LogP contribution is 2.23. The van der Waals surface area contributed by atoms with E-state index in [0.29, 0.717) is 0 Å². The molecule has 1 aliphatic heterocycles. The first-order valence-corrected chi connectivity index (χ1v) is 7.43. The monoisotopic (exact) mass is 313 g/mol. The van der Waals surface area contributed by atoms with Gasteiger partial charge >= 0.3 is 5.97 Å². The Balaban J connectivity index is 1.95. The highest BCUT2D eigenvalue weighted by Gasteiger charge is 2.39. The number of aliphatic hydroxyl groups excluding tert-OH is 1. The summed E-state index contributed by atoms with van der Waals surface area (Å²) >= 11 is 1.26. The number of benzene rings is 1. The Hall–Kier alpha value is -1.60. The molecule has 1 fully saturated rings. The van der Waals surface area contributed by atoms with Gasteiger partial charge in [-0.05, 0) is 24.3 Å². The number of amides is 1. The number of halogens is 1. The number of thioether (sulfide) groups is 1. The number of nitrogens with zero attached hydrogens (tertiary/aromatic N) is 1. The largest absolute Gasteiger partial charge is 0.467 e. The van der Waals surface area contributed by atoms with E-state index in [0.717, 1.165) is 4.90 Å². The van der Waals surface area contributed by atoms with Gasteiger partial charge in [-0.1, -0.05) is 0 Å². The Labute approximate surface area is 126 Å². The van der Waals surface area contributed by atoms with Gasteiger partial charge in [0.2, 0.25) is 5.91 Å². The molecule has 0 spiro atoms. The molecule has 1 saturated heterocycles. The molecular formula is C14H16FNO4S. The number of methoxy groups -OCH3 is 1. The molecule has 1 aromatic rings. The van der Waals surface area contributed by atoms with Crippen molar-refractivity contribution in [2.24, 2.45) is 0 Å². The minimum absolute atomic E-state index is 0.117. The van der Waals surface area contributed by atoms with Crippen LogP contribution in [0.15, 0.2) is 29.2 Å². The highest BCUT2D eigenvalue weighted by atomic mass is 32.2. The lowest BCUT2D eigenvalue weighted by atomic mass is 10.2. The van der Waals surface area contributed by atoms with Crippen molar-refractivity contribution >= 4 is 23.6 Å². The van der Waals surface area contributed by atoms with Crippen LogP contribution in [0.4, 0.5) is 4.39 Å². The van der Waals surface area contributed by atoms with Crippen molar-refractivity contribution in [2.45, 2.75) is 23.5 Å². The molecule has 2 rings (SSSR count). The quantitative estimate of drug-likeness (QED) is 0.665. The summed E-state index contributed by atoms with van der Waals surface area (Å²) in [7, 11) is 1.25. The van der Waals surface area contributed by atoms with Crippen LogP contribution < -0.4 is 0 Å². The summed E-state index contributed by atoms with van der Waals surface area (Å²) in [5.41, 5.74) is 0. The Bertz CT molecular complexity index is 522. The molecule has 1 aromatic carbocycles. The van der Waals surface area contributed by atoms with E-state index in [1.54, 1.807) is 12.1 Å². The average molecular weight is 313 g/mol. The van der Waals surface area contributed by atoms with Crippen molar-refractivity contribution in [3.8, 4) is 0 Å². The third-order valence-corrected chi connectivity index (χ3v) is 4.25. The van der Waals surface area contributed by atoms with Crippen LogP contribution in [0.1, 0.15) is 6.42 Å². The first-order chi connectivity index (χ1) is 10.0. The van der Waals surface area contributed by atoms with Crippen LogP contribution in [-0.4, -0.2) is 53.4 Å². The molecule has 2 unspecified atom stereocenters. The molecule has 114 valence electrons. The summed E-state index contributed by atoms with van der Waals surface area (Å²) in [6, 6.07) is 5.09. The highest BCUT2D eigenvalue weighted by molar-refractivity contribution is 8.00. The van der Waals surface area contributed by atoms with Crippen molar-refractivity contribution in [1.29, 1.82) is 0 Å². The second-order valence-electron chi connectivity index (χ2n) is 4.72. The van der Waals surface area contributed by atoms with Gasteiger partial charge in [0.15, 0.2) is 0 Å². The van der Waals surface area contributed by atoms with E-state index < -0.39 is 18.1 Å². The van der Waals surface area contributed by atoms with E-state index >= 15 is 0 Å². The van der Waals surface area contributed by atoms with Crippen LogP contribution in [0, 0.1) is 5.82 Å². The third kappa shape index (κ3) is 3.95. The van der Waals surface area contributed by atoms with E-state index in [9.17, 15) is 19.1 Å². The van der Waals surface area contributed by atoms with Crippen LogP contribution in [0.25, 0.3) is 0 Å². The molecule has 1 amide bonds. The van der Waals surface area contributed by atoms with Gasteiger partial charge < -0.3 is 14.7 Å². The van der Waals surface area contributed by atoms with Gasteiger partial charge in [-0.2, -0.15) is 0 Å². The predicted octanol–water partition coefficient (Wildman–Crippen LogP) is 1.05. The number of carbonyl (C=O) groups excluding carboxylic acids is 2. The smallest absolute Gasteiger partial charge is 0.328 e. The first kappa shape index (κ1) is 15.8. The number of aliphatic hydroxyl groups is 1. The fourth-order valence-corrected chi connectivity index (χ4v) is 2.99. The number of carbonyl (C=O) groups is 2. The standard InChI is InChI=1S/C14H16FNO4S/c1-20-14(19)12-6-10(17)7-16(12)13(18)8-21-11-4-2-9(15)3-5-11/h2-5,10,12,17H,6-8H2,1H3. The zero-order chi connectivity index (χ0) is 15.4. The fraction of sp³-hybridized carbons (Fsp3) is 0.429. The number of rotatable bonds is 4. The van der Waals surface area contributed by atoms with Crippen molar-refractivity contribution in [3.05, 3.63) is 30.1 Å². The molecule has 21 heavy (non-hydrogen) atoms. The Kier molecular flexibility index (Phi) is 5.19. The van der Waals surface area contributed by atoms with Crippen LogP contribution >= 0.6 is 11.8 Å². The van der Waals surface area contributed by atoms with Crippen LogP contribution in [0.2, 0.25) is 0 Å². The summed E-state index contributed by atoms with van der Waals surface area (Å²) in [5, 5.41) is 9.63. The maximum absolute atomic E-state index is 12.8. The number of hydrogen-bond acceptors (Lipinski definition) is 5. The van der Waals surface area contributed by atoms with E-state index in [4.69, 9.17) is 0 Å². The number of hydrogen-bond donors (Lipinski definition) is 1. The van der Waals surface area contributed by atoms with Crippen molar-refractivity contribution in [2.75, 3.05) is 19.4 Å². The Morgan fingerprint density at radius 2 is 2.10 bits per heavy atom. The summed E-state index contributed by atoms with van der Waals surface area (Å²) in [6.07, 6.45) is -0.520. The van der Waals surface area contributed by atoms with Gasteiger partial charge in [0.05, 0.1) is 19.0 Å². The summed E-state index contributed by atoms with van der Waals surface area (Å²) < 4.78 is 17.4. The molecule has 5 nitrogen and oxygen atoms in total. The molecule has 1 aliphatic rings. The third-order valence-electron chi connectivity index (χ3n) is 3.25. The zero-order valence-corrected chi connectivity index (χ0v) is 12.3. The molecule has 0 saturated carbocycles. The average Bonchev–Trinajstić information content (AvgIpc) is 2.87. The van der Waals surface area contributed by atoms with Gasteiger partial charge in [-0.15, -0.1) is 11.8 Å². The van der Waals surface area contributed by atoms with Gasteiger partial charge in [-0.3, -0.25) is 4.79 Å².